The van der Waals surface area contributed by atoms with Crippen molar-refractivity contribution in [3.63, 3.8) is 0 Å². The lowest BCUT2D eigenvalue weighted by atomic mass is 9.54. The van der Waals surface area contributed by atoms with Gasteiger partial charge in [0.2, 0.25) is 3.79 Å². The summed E-state index contributed by atoms with van der Waals surface area (Å²) in [7, 11) is 0. The van der Waals surface area contributed by atoms with Crippen LogP contribution in [0.5, 0.6) is 0 Å². The lowest BCUT2D eigenvalue weighted by Gasteiger charge is -2.52. The molecule has 1 saturated carbocycles. The van der Waals surface area contributed by atoms with Gasteiger partial charge in [0.15, 0.2) is 6.23 Å². The average molecular weight is 332 g/mol. The maximum atomic E-state index is 11.5. The van der Waals surface area contributed by atoms with E-state index in [9.17, 15) is 9.90 Å². The predicted molar refractivity (Wildman–Crippen MR) is 78.5 cm³/mol. The second-order valence-corrected chi connectivity index (χ2v) is 8.03. The molecule has 0 unspecified atom stereocenters. The molecule has 0 bridgehead atoms. The van der Waals surface area contributed by atoms with Crippen molar-refractivity contribution in [3.8, 4) is 0 Å². The summed E-state index contributed by atoms with van der Waals surface area (Å²) in [5, 5.41) is 14.3. The van der Waals surface area contributed by atoms with Gasteiger partial charge in [-0.15, -0.1) is 0 Å². The lowest BCUT2D eigenvalue weighted by Crippen LogP contribution is -2.53. The van der Waals surface area contributed by atoms with E-state index in [4.69, 9.17) is 34.8 Å². The molecular formula is C12H21Cl3N2O2. The number of hydrogen-bond donors (Lipinski definition) is 3. The Morgan fingerprint density at radius 2 is 2.00 bits per heavy atom. The van der Waals surface area contributed by atoms with E-state index in [0.29, 0.717) is 18.4 Å². The highest BCUT2D eigenvalue weighted by atomic mass is 35.6. The average Bonchev–Trinajstić information content (AvgIpc) is 2.26. The number of amides is 2. The second-order valence-electron chi connectivity index (χ2n) is 5.66. The van der Waals surface area contributed by atoms with Gasteiger partial charge in [0.05, 0.1) is 0 Å². The van der Waals surface area contributed by atoms with Crippen LogP contribution in [0, 0.1) is 17.3 Å². The van der Waals surface area contributed by atoms with E-state index in [0.717, 1.165) is 12.8 Å². The number of alkyl halides is 3. The Bertz CT molecular complexity index is 331. The zero-order valence-corrected chi connectivity index (χ0v) is 13.6. The first kappa shape index (κ1) is 17.2. The van der Waals surface area contributed by atoms with Crippen molar-refractivity contribution in [3.05, 3.63) is 0 Å². The van der Waals surface area contributed by atoms with E-state index < -0.39 is 16.1 Å². The van der Waals surface area contributed by atoms with Crippen molar-refractivity contribution in [2.24, 2.45) is 17.3 Å². The molecule has 112 valence electrons. The molecule has 0 heterocycles. The topological polar surface area (TPSA) is 61.4 Å². The Morgan fingerprint density at radius 1 is 1.42 bits per heavy atom. The van der Waals surface area contributed by atoms with Crippen LogP contribution >= 0.6 is 34.8 Å². The maximum absolute atomic E-state index is 11.5. The van der Waals surface area contributed by atoms with Crippen molar-refractivity contribution in [2.45, 2.75) is 43.6 Å². The van der Waals surface area contributed by atoms with E-state index >= 15 is 0 Å². The highest BCUT2D eigenvalue weighted by Gasteiger charge is 2.46. The standard InChI is InChI=1S/C12H21Cl3N2O2/c1-4-7-5-8(11(7,2)3)6-16-10(19)17-9(18)12(13,14)15/h7-9,18H,4-6H2,1-3H3,(H2,16,17,19)/t7-,8-,9+/m0/s1. The molecule has 3 N–H and O–H groups in total. The molecule has 2 amide bonds. The molecule has 0 aliphatic heterocycles. The zero-order chi connectivity index (χ0) is 14.8. The van der Waals surface area contributed by atoms with Crippen LogP contribution in [0.3, 0.4) is 0 Å². The number of halogens is 3. The van der Waals surface area contributed by atoms with Crippen molar-refractivity contribution < 1.29 is 9.90 Å². The highest BCUT2D eigenvalue weighted by Crippen LogP contribution is 2.52. The summed E-state index contributed by atoms with van der Waals surface area (Å²) in [5.41, 5.74) is 0.232. The SMILES string of the molecule is CC[C@H]1C[C@@H](CNC(=O)N[C@H](O)C(Cl)(Cl)Cl)C1(C)C. The molecule has 0 spiro atoms. The maximum Gasteiger partial charge on any atom is 0.316 e. The Hall–Kier alpha value is 0.1000. The molecule has 4 nitrogen and oxygen atoms in total. The predicted octanol–water partition coefficient (Wildman–Crippen LogP) is 3.05. The van der Waals surface area contributed by atoms with Gasteiger partial charge in [0.1, 0.15) is 0 Å². The third kappa shape index (κ3) is 4.28. The summed E-state index contributed by atoms with van der Waals surface area (Å²) in [5.74, 6) is 1.14. The van der Waals surface area contributed by atoms with Gasteiger partial charge in [0.25, 0.3) is 0 Å². The summed E-state index contributed by atoms with van der Waals surface area (Å²) < 4.78 is -1.93. The monoisotopic (exact) mass is 330 g/mol. The Balaban J connectivity index is 2.33. The molecule has 0 saturated heterocycles. The van der Waals surface area contributed by atoms with E-state index in [-0.39, 0.29) is 5.41 Å². The number of aliphatic hydroxyl groups excluding tert-OH is 1. The largest absolute Gasteiger partial charge is 0.369 e. The Labute approximate surface area is 129 Å². The molecule has 3 atom stereocenters. The van der Waals surface area contributed by atoms with Gasteiger partial charge < -0.3 is 15.7 Å². The summed E-state index contributed by atoms with van der Waals surface area (Å²) in [4.78, 5) is 11.5. The van der Waals surface area contributed by atoms with Gasteiger partial charge in [-0.3, -0.25) is 0 Å². The summed E-state index contributed by atoms with van der Waals surface area (Å²) in [6.45, 7) is 7.16. The fourth-order valence-corrected chi connectivity index (χ4v) is 2.80. The summed E-state index contributed by atoms with van der Waals surface area (Å²) >= 11 is 16.4. The molecule has 0 aromatic carbocycles. The third-order valence-corrected chi connectivity index (χ3v) is 4.87. The fraction of sp³-hybridized carbons (Fsp3) is 0.917. The quantitative estimate of drug-likeness (QED) is 0.548. The van der Waals surface area contributed by atoms with E-state index in [1.165, 1.54) is 0 Å². The number of urea groups is 1. The second kappa shape index (κ2) is 6.25. The van der Waals surface area contributed by atoms with Gasteiger partial charge in [-0.1, -0.05) is 62.0 Å². The van der Waals surface area contributed by atoms with Crippen molar-refractivity contribution >= 4 is 40.8 Å². The van der Waals surface area contributed by atoms with Gasteiger partial charge in [0, 0.05) is 6.54 Å². The molecule has 1 aliphatic carbocycles. The van der Waals surface area contributed by atoms with E-state index in [2.05, 4.69) is 31.4 Å². The molecule has 7 heteroatoms. The number of aliphatic hydroxyl groups is 1. The van der Waals surface area contributed by atoms with E-state index in [1.807, 2.05) is 0 Å². The molecule has 1 rings (SSSR count). The zero-order valence-electron chi connectivity index (χ0n) is 11.3. The minimum Gasteiger partial charge on any atom is -0.369 e. The van der Waals surface area contributed by atoms with E-state index in [1.54, 1.807) is 0 Å². The first-order valence-corrected chi connectivity index (χ1v) is 7.51. The van der Waals surface area contributed by atoms with Crippen LogP contribution in [0.4, 0.5) is 4.79 Å². The molecule has 0 aromatic heterocycles. The van der Waals surface area contributed by atoms with Crippen molar-refractivity contribution in [2.75, 3.05) is 6.54 Å². The Morgan fingerprint density at radius 3 is 2.42 bits per heavy atom. The van der Waals surface area contributed by atoms with Gasteiger partial charge in [-0.25, -0.2) is 4.79 Å². The van der Waals surface area contributed by atoms with Crippen molar-refractivity contribution in [1.29, 1.82) is 0 Å². The van der Waals surface area contributed by atoms with Crippen LogP contribution in [0.15, 0.2) is 0 Å². The highest BCUT2D eigenvalue weighted by molar-refractivity contribution is 6.68. The molecule has 19 heavy (non-hydrogen) atoms. The van der Waals surface area contributed by atoms with Crippen LogP contribution in [-0.2, 0) is 0 Å². The first-order valence-electron chi connectivity index (χ1n) is 6.38. The minimum atomic E-state index is -1.93. The summed E-state index contributed by atoms with van der Waals surface area (Å²) in [6.07, 6.45) is 0.730. The molecular weight excluding hydrogens is 311 g/mol. The number of nitrogens with one attached hydrogen (secondary N) is 2. The first-order chi connectivity index (χ1) is 8.59. The number of rotatable bonds is 4. The number of carbonyl (C=O) groups excluding carboxylic acids is 1. The molecule has 1 fully saturated rings. The molecule has 0 radical (unpaired) electrons. The van der Waals surface area contributed by atoms with Crippen LogP contribution < -0.4 is 10.6 Å². The minimum absolute atomic E-state index is 0.232. The van der Waals surface area contributed by atoms with Gasteiger partial charge >= 0.3 is 6.03 Å². The van der Waals surface area contributed by atoms with Crippen LogP contribution in [-0.4, -0.2) is 27.7 Å². The number of carbonyl (C=O) groups is 1. The van der Waals surface area contributed by atoms with Gasteiger partial charge in [-0.05, 0) is 23.7 Å². The van der Waals surface area contributed by atoms with Crippen LogP contribution in [0.2, 0.25) is 0 Å². The van der Waals surface area contributed by atoms with Crippen LogP contribution in [0.1, 0.15) is 33.6 Å². The van der Waals surface area contributed by atoms with Crippen molar-refractivity contribution in [1.82, 2.24) is 10.6 Å². The molecule has 1 aliphatic rings. The van der Waals surface area contributed by atoms with Gasteiger partial charge in [-0.2, -0.15) is 0 Å². The third-order valence-electron chi connectivity index (χ3n) is 4.25. The lowest BCUT2D eigenvalue weighted by molar-refractivity contribution is -0.0197. The van der Waals surface area contributed by atoms with Crippen LogP contribution in [0.25, 0.3) is 0 Å². The Kier molecular flexibility index (Phi) is 5.64. The fourth-order valence-electron chi connectivity index (χ4n) is 2.64. The molecule has 0 aromatic rings. The summed E-state index contributed by atoms with van der Waals surface area (Å²) in [6, 6.07) is -0.533. The smallest absolute Gasteiger partial charge is 0.316 e. The number of hydrogen-bond acceptors (Lipinski definition) is 2. The normalized spacial score (nSPS) is 27.3.